The average Bonchev–Trinajstić information content (AvgIpc) is 2.94. The van der Waals surface area contributed by atoms with Crippen molar-refractivity contribution in [3.05, 3.63) is 65.7 Å². The topological polar surface area (TPSA) is 102 Å². The van der Waals surface area contributed by atoms with Crippen LogP contribution >= 0.6 is 0 Å². The van der Waals surface area contributed by atoms with E-state index in [-0.39, 0.29) is 0 Å². The van der Waals surface area contributed by atoms with Crippen molar-refractivity contribution in [1.82, 2.24) is 10.2 Å². The van der Waals surface area contributed by atoms with Crippen LogP contribution in [0.15, 0.2) is 54.6 Å². The lowest BCUT2D eigenvalue weighted by molar-refractivity contribution is -0.134. The molecule has 27 heavy (non-hydrogen) atoms. The molecule has 2 aromatic carbocycles. The third-order valence-corrected chi connectivity index (χ3v) is 4.55. The number of imide groups is 1. The maximum atomic E-state index is 13.0. The second-order valence-electron chi connectivity index (χ2n) is 6.19. The molecule has 136 valence electrons. The van der Waals surface area contributed by atoms with Crippen molar-refractivity contribution in [2.45, 2.75) is 18.9 Å². The molecule has 1 aliphatic rings. The van der Waals surface area contributed by atoms with Gasteiger partial charge in [-0.3, -0.25) is 14.5 Å². The maximum Gasteiger partial charge on any atom is 0.325 e. The van der Waals surface area contributed by atoms with Crippen molar-refractivity contribution in [1.29, 1.82) is 5.26 Å². The summed E-state index contributed by atoms with van der Waals surface area (Å²) in [4.78, 5) is 38.6. The summed E-state index contributed by atoms with van der Waals surface area (Å²) in [5.74, 6) is -0.976. The van der Waals surface area contributed by atoms with Crippen molar-refractivity contribution < 1.29 is 14.4 Å². The monoisotopic (exact) mass is 362 g/mol. The van der Waals surface area contributed by atoms with Crippen LogP contribution in [0.5, 0.6) is 0 Å². The molecule has 0 bridgehead atoms. The zero-order valence-corrected chi connectivity index (χ0v) is 14.7. The Hall–Kier alpha value is -3.66. The predicted molar refractivity (Wildman–Crippen MR) is 98.4 cm³/mol. The Bertz CT molecular complexity index is 936. The first-order chi connectivity index (χ1) is 13.0. The van der Waals surface area contributed by atoms with E-state index >= 15 is 0 Å². The number of hydrogen-bond acceptors (Lipinski definition) is 4. The molecule has 7 heteroatoms. The van der Waals surface area contributed by atoms with Gasteiger partial charge >= 0.3 is 6.03 Å². The molecule has 0 aliphatic carbocycles. The Kier molecular flexibility index (Phi) is 4.90. The number of carbonyl (C=O) groups excluding carboxylic acids is 3. The third kappa shape index (κ3) is 3.37. The molecular formula is C20H18N4O3. The Balaban J connectivity index is 1.77. The quantitative estimate of drug-likeness (QED) is 0.797. The lowest BCUT2D eigenvalue weighted by atomic mass is 9.87. The molecule has 0 unspecified atom stereocenters. The number of hydrogen-bond donors (Lipinski definition) is 2. The molecule has 4 amide bonds. The fourth-order valence-electron chi connectivity index (χ4n) is 3.14. The standard InChI is InChI=1S/C20H18N4O3/c1-2-20(15-8-4-3-5-9-15)18(26)24(19(27)23-20)13-17(25)22-16-10-6-7-14(11-16)12-21/h3-11H,2,13H2,1H3,(H,22,25)(H,23,27)/t20-/m1/s1. The molecule has 0 aromatic heterocycles. The van der Waals surface area contributed by atoms with E-state index in [2.05, 4.69) is 10.6 Å². The third-order valence-electron chi connectivity index (χ3n) is 4.55. The van der Waals surface area contributed by atoms with Gasteiger partial charge in [-0.25, -0.2) is 4.79 Å². The van der Waals surface area contributed by atoms with Gasteiger partial charge < -0.3 is 10.6 Å². The Morgan fingerprint density at radius 2 is 1.93 bits per heavy atom. The molecule has 1 heterocycles. The minimum Gasteiger partial charge on any atom is -0.324 e. The van der Waals surface area contributed by atoms with Gasteiger partial charge in [-0.05, 0) is 30.2 Å². The van der Waals surface area contributed by atoms with Crippen LogP contribution in [-0.2, 0) is 15.1 Å². The summed E-state index contributed by atoms with van der Waals surface area (Å²) in [6.45, 7) is 1.40. The van der Waals surface area contributed by atoms with E-state index in [0.29, 0.717) is 23.2 Å². The molecule has 0 radical (unpaired) electrons. The van der Waals surface area contributed by atoms with Crippen molar-refractivity contribution >= 4 is 23.5 Å². The Morgan fingerprint density at radius 1 is 1.19 bits per heavy atom. The highest BCUT2D eigenvalue weighted by Crippen LogP contribution is 2.32. The normalized spacial score (nSPS) is 18.7. The number of nitrogens with one attached hydrogen (secondary N) is 2. The maximum absolute atomic E-state index is 13.0. The fraction of sp³-hybridized carbons (Fsp3) is 0.200. The van der Waals surface area contributed by atoms with Gasteiger partial charge in [0.15, 0.2) is 0 Å². The van der Waals surface area contributed by atoms with E-state index in [4.69, 9.17) is 5.26 Å². The number of nitrogens with zero attached hydrogens (tertiary/aromatic N) is 2. The summed E-state index contributed by atoms with van der Waals surface area (Å²) in [6, 6.07) is 16.8. The molecule has 2 aromatic rings. The molecule has 1 fully saturated rings. The van der Waals surface area contributed by atoms with Gasteiger partial charge in [-0.15, -0.1) is 0 Å². The highest BCUT2D eigenvalue weighted by Gasteiger charge is 2.51. The number of rotatable bonds is 5. The first kappa shape index (κ1) is 18.1. The summed E-state index contributed by atoms with van der Waals surface area (Å²) < 4.78 is 0. The van der Waals surface area contributed by atoms with E-state index < -0.39 is 29.9 Å². The summed E-state index contributed by atoms with van der Waals surface area (Å²) >= 11 is 0. The zero-order valence-electron chi connectivity index (χ0n) is 14.7. The minimum absolute atomic E-state index is 0.365. The van der Waals surface area contributed by atoms with Crippen LogP contribution in [0.3, 0.4) is 0 Å². The van der Waals surface area contributed by atoms with Crippen molar-refractivity contribution in [3.8, 4) is 6.07 Å². The molecule has 1 saturated heterocycles. The lowest BCUT2D eigenvalue weighted by Crippen LogP contribution is -2.44. The fourth-order valence-corrected chi connectivity index (χ4v) is 3.14. The highest BCUT2D eigenvalue weighted by molar-refractivity contribution is 6.10. The van der Waals surface area contributed by atoms with Gasteiger partial charge in [0.1, 0.15) is 12.1 Å². The van der Waals surface area contributed by atoms with Crippen molar-refractivity contribution in [2.75, 3.05) is 11.9 Å². The van der Waals surface area contributed by atoms with Gasteiger partial charge in [0.2, 0.25) is 5.91 Å². The van der Waals surface area contributed by atoms with E-state index in [1.807, 2.05) is 19.1 Å². The first-order valence-electron chi connectivity index (χ1n) is 8.50. The molecule has 0 spiro atoms. The molecule has 7 nitrogen and oxygen atoms in total. The zero-order chi connectivity index (χ0) is 19.4. The smallest absolute Gasteiger partial charge is 0.324 e. The van der Waals surface area contributed by atoms with Crippen LogP contribution in [-0.4, -0.2) is 29.3 Å². The average molecular weight is 362 g/mol. The summed E-state index contributed by atoms with van der Waals surface area (Å²) in [5, 5.41) is 14.3. The second-order valence-corrected chi connectivity index (χ2v) is 6.19. The number of nitriles is 1. The number of amides is 4. The highest BCUT2D eigenvalue weighted by atomic mass is 16.2. The van der Waals surface area contributed by atoms with Gasteiger partial charge in [-0.2, -0.15) is 5.26 Å². The number of carbonyl (C=O) groups is 3. The Morgan fingerprint density at radius 3 is 2.59 bits per heavy atom. The van der Waals surface area contributed by atoms with E-state index in [1.165, 1.54) is 6.07 Å². The summed E-state index contributed by atoms with van der Waals surface area (Å²) in [7, 11) is 0. The van der Waals surface area contributed by atoms with Crippen LogP contribution in [0.2, 0.25) is 0 Å². The SMILES string of the molecule is CC[C@]1(c2ccccc2)NC(=O)N(CC(=O)Nc2cccc(C#N)c2)C1=O. The van der Waals surface area contributed by atoms with E-state index in [9.17, 15) is 14.4 Å². The molecule has 2 N–H and O–H groups in total. The van der Waals surface area contributed by atoms with E-state index in [1.54, 1.807) is 42.5 Å². The van der Waals surface area contributed by atoms with Gasteiger partial charge in [-0.1, -0.05) is 43.3 Å². The lowest BCUT2D eigenvalue weighted by Gasteiger charge is -2.25. The summed E-state index contributed by atoms with van der Waals surface area (Å²) in [5.41, 5.74) is 0.336. The van der Waals surface area contributed by atoms with Crippen molar-refractivity contribution in [2.24, 2.45) is 0 Å². The molecule has 1 aliphatic heterocycles. The Labute approximate surface area is 156 Å². The van der Waals surface area contributed by atoms with Crippen LogP contribution in [0.4, 0.5) is 10.5 Å². The van der Waals surface area contributed by atoms with Gasteiger partial charge in [0.05, 0.1) is 11.6 Å². The van der Waals surface area contributed by atoms with Crippen molar-refractivity contribution in [3.63, 3.8) is 0 Å². The van der Waals surface area contributed by atoms with E-state index in [0.717, 1.165) is 4.90 Å². The molecule has 3 rings (SSSR count). The number of urea groups is 1. The predicted octanol–water partition coefficient (Wildman–Crippen LogP) is 2.35. The van der Waals surface area contributed by atoms with Crippen LogP contribution in [0.1, 0.15) is 24.5 Å². The molecule has 0 saturated carbocycles. The number of anilines is 1. The number of benzene rings is 2. The van der Waals surface area contributed by atoms with Gasteiger partial charge in [0, 0.05) is 5.69 Å². The van der Waals surface area contributed by atoms with Crippen LogP contribution in [0.25, 0.3) is 0 Å². The molecular weight excluding hydrogens is 344 g/mol. The minimum atomic E-state index is -1.17. The second kappa shape index (κ2) is 7.30. The van der Waals surface area contributed by atoms with Gasteiger partial charge in [0.25, 0.3) is 5.91 Å². The first-order valence-corrected chi connectivity index (χ1v) is 8.50. The van der Waals surface area contributed by atoms with Crippen LogP contribution < -0.4 is 10.6 Å². The largest absolute Gasteiger partial charge is 0.325 e. The summed E-state index contributed by atoms with van der Waals surface area (Å²) in [6.07, 6.45) is 0.365. The molecule has 1 atom stereocenters. The van der Waals surface area contributed by atoms with Crippen LogP contribution in [0, 0.1) is 11.3 Å².